The average molecular weight is 746 g/mol. The molecule has 0 aromatic carbocycles. The van der Waals surface area contributed by atoms with Gasteiger partial charge in [-0.05, 0) is 70.6 Å². The van der Waals surface area contributed by atoms with Gasteiger partial charge in [0.25, 0.3) is 0 Å². The van der Waals surface area contributed by atoms with Crippen LogP contribution >= 0.6 is 7.82 Å². The van der Waals surface area contributed by atoms with Crippen molar-refractivity contribution < 1.29 is 37.9 Å². The maximum Gasteiger partial charge on any atom is 0.472 e. The number of unbranched alkanes of at least 4 members (excludes halogenated alkanes) is 6. The van der Waals surface area contributed by atoms with Gasteiger partial charge in [0.2, 0.25) is 5.91 Å². The molecular formula is C42H68NO8P. The minimum atomic E-state index is -4.44. The van der Waals surface area contributed by atoms with E-state index in [1.165, 1.54) is 12.8 Å². The Labute approximate surface area is 315 Å². The van der Waals surface area contributed by atoms with Crippen molar-refractivity contribution in [3.05, 3.63) is 97.2 Å². The van der Waals surface area contributed by atoms with Crippen molar-refractivity contribution in [1.29, 1.82) is 0 Å². The first-order valence-electron chi connectivity index (χ1n) is 19.2. The zero-order valence-electron chi connectivity index (χ0n) is 32.0. The fourth-order valence-corrected chi connectivity index (χ4v) is 5.16. The highest BCUT2D eigenvalue weighted by Gasteiger charge is 2.23. The van der Waals surface area contributed by atoms with Crippen LogP contribution in [0.4, 0.5) is 0 Å². The molecule has 0 rings (SSSR count). The van der Waals surface area contributed by atoms with Crippen molar-refractivity contribution in [1.82, 2.24) is 5.32 Å². The molecule has 1 amide bonds. The molecule has 0 heterocycles. The lowest BCUT2D eigenvalue weighted by Gasteiger charge is -2.15. The van der Waals surface area contributed by atoms with Gasteiger partial charge in [0.05, 0.1) is 19.6 Å². The van der Waals surface area contributed by atoms with Gasteiger partial charge in [0.1, 0.15) is 12.7 Å². The number of allylic oxidation sites excluding steroid dienone is 15. The van der Waals surface area contributed by atoms with Crippen molar-refractivity contribution >= 4 is 19.7 Å². The number of aliphatic hydroxyl groups is 1. The Kier molecular flexibility index (Phi) is 35.5. The van der Waals surface area contributed by atoms with Crippen LogP contribution in [0, 0.1) is 0 Å². The van der Waals surface area contributed by atoms with Crippen molar-refractivity contribution in [2.45, 2.75) is 129 Å². The molecule has 0 bridgehead atoms. The number of carbonyl (C=O) groups is 2. The number of ether oxygens (including phenoxy) is 1. The molecule has 0 aliphatic heterocycles. The predicted molar refractivity (Wildman–Crippen MR) is 215 cm³/mol. The number of esters is 1. The molecule has 0 aliphatic rings. The summed E-state index contributed by atoms with van der Waals surface area (Å²) in [6.45, 7) is 3.21. The first-order chi connectivity index (χ1) is 25.3. The molecule has 0 aromatic rings. The van der Waals surface area contributed by atoms with E-state index in [1.54, 1.807) is 6.08 Å². The second kappa shape index (κ2) is 37.7. The molecule has 2 atom stereocenters. The zero-order valence-corrected chi connectivity index (χ0v) is 32.8. The summed E-state index contributed by atoms with van der Waals surface area (Å²) < 4.78 is 26.6. The number of amides is 1. The number of phosphoric acid groups is 1. The number of carbonyl (C=O) groups excluding carboxylic acids is 2. The van der Waals surface area contributed by atoms with E-state index in [9.17, 15) is 24.2 Å². The van der Waals surface area contributed by atoms with Crippen LogP contribution in [0.2, 0.25) is 0 Å². The quantitative estimate of drug-likeness (QED) is 0.0257. The summed E-state index contributed by atoms with van der Waals surface area (Å²) in [7, 11) is -4.44. The maximum atomic E-state index is 12.0. The topological polar surface area (TPSA) is 131 Å². The van der Waals surface area contributed by atoms with Gasteiger partial charge < -0.3 is 20.1 Å². The summed E-state index contributed by atoms with van der Waals surface area (Å²) in [5.41, 5.74) is 0. The van der Waals surface area contributed by atoms with Gasteiger partial charge in [-0.15, -0.1) is 0 Å². The monoisotopic (exact) mass is 745 g/mol. The van der Waals surface area contributed by atoms with Crippen LogP contribution in [0.1, 0.15) is 123 Å². The third-order valence-corrected chi connectivity index (χ3v) is 8.25. The summed E-state index contributed by atoms with van der Waals surface area (Å²) in [5, 5.41) is 12.6. The molecule has 0 saturated heterocycles. The van der Waals surface area contributed by atoms with Crippen LogP contribution in [0.15, 0.2) is 97.2 Å². The Morgan fingerprint density at radius 2 is 1.13 bits per heavy atom. The number of hydrogen-bond donors (Lipinski definition) is 3. The first kappa shape index (κ1) is 48.9. The second-order valence-corrected chi connectivity index (χ2v) is 13.6. The fraction of sp³-hybridized carbons (Fsp3) is 0.571. The van der Waals surface area contributed by atoms with Gasteiger partial charge >= 0.3 is 13.8 Å². The highest BCUT2D eigenvalue weighted by Crippen LogP contribution is 2.42. The van der Waals surface area contributed by atoms with Crippen molar-refractivity contribution in [3.8, 4) is 0 Å². The molecular weight excluding hydrogens is 677 g/mol. The largest absolute Gasteiger partial charge is 0.472 e. The molecule has 0 radical (unpaired) electrons. The van der Waals surface area contributed by atoms with E-state index >= 15 is 0 Å². The fourth-order valence-electron chi connectivity index (χ4n) is 4.41. The van der Waals surface area contributed by atoms with Gasteiger partial charge in [0.15, 0.2) is 0 Å². The Morgan fingerprint density at radius 3 is 1.69 bits per heavy atom. The molecule has 0 aliphatic carbocycles. The average Bonchev–Trinajstić information content (AvgIpc) is 3.13. The Morgan fingerprint density at radius 1 is 0.635 bits per heavy atom. The van der Waals surface area contributed by atoms with Crippen molar-refractivity contribution in [2.24, 2.45) is 0 Å². The molecule has 2 unspecified atom stereocenters. The first-order valence-corrected chi connectivity index (χ1v) is 20.7. The van der Waals surface area contributed by atoms with Gasteiger partial charge in [-0.25, -0.2) is 4.57 Å². The van der Waals surface area contributed by atoms with E-state index in [0.717, 1.165) is 77.0 Å². The zero-order chi connectivity index (χ0) is 38.2. The number of phosphoric ester groups is 1. The summed E-state index contributed by atoms with van der Waals surface area (Å²) in [6.07, 6.45) is 48.0. The third kappa shape index (κ3) is 38.2. The smallest absolute Gasteiger partial charge is 0.463 e. The molecule has 0 saturated carbocycles. The van der Waals surface area contributed by atoms with Gasteiger partial charge in [-0.1, -0.05) is 137 Å². The van der Waals surface area contributed by atoms with E-state index in [1.807, 2.05) is 12.2 Å². The lowest BCUT2D eigenvalue weighted by atomic mass is 10.1. The van der Waals surface area contributed by atoms with Crippen molar-refractivity contribution in [2.75, 3.05) is 26.4 Å². The molecule has 3 N–H and O–H groups in total. The Bertz CT molecular complexity index is 1170. The van der Waals surface area contributed by atoms with Crippen LogP contribution in [-0.2, 0) is 27.9 Å². The number of hydrogen-bond acceptors (Lipinski definition) is 7. The van der Waals surface area contributed by atoms with Gasteiger partial charge in [-0.2, -0.15) is 0 Å². The van der Waals surface area contributed by atoms with Crippen LogP contribution in [0.25, 0.3) is 0 Å². The highest BCUT2D eigenvalue weighted by molar-refractivity contribution is 7.47. The summed E-state index contributed by atoms with van der Waals surface area (Å²) in [4.78, 5) is 33.7. The lowest BCUT2D eigenvalue weighted by molar-refractivity contribution is -0.146. The molecule has 10 heteroatoms. The van der Waals surface area contributed by atoms with Crippen LogP contribution in [0.3, 0.4) is 0 Å². The number of nitrogens with one attached hydrogen (secondary N) is 1. The Hall–Kier alpha value is -3.07. The third-order valence-electron chi connectivity index (χ3n) is 7.26. The second-order valence-electron chi connectivity index (χ2n) is 12.2. The summed E-state index contributed by atoms with van der Waals surface area (Å²) in [6, 6.07) is 0. The molecule has 0 fully saturated rings. The number of aliphatic hydroxyl groups excluding tert-OH is 1. The lowest BCUT2D eigenvalue weighted by Crippen LogP contribution is -2.27. The van der Waals surface area contributed by atoms with E-state index in [4.69, 9.17) is 13.8 Å². The summed E-state index contributed by atoms with van der Waals surface area (Å²) >= 11 is 0. The standard InChI is InChI=1S/C42H68NO8P/c1-3-5-7-9-11-13-15-16-17-18-19-20-21-22-23-24-25-27-29-31-33-35-42(46)49-38-40(44)39-51-52(47,48)50-37-36-43-41(45)34-32-30-28-26-14-12-10-8-6-4-2/h5,7-8,10-11,13,16-17,19-20,22-23,25,27,31,33,40,44H,3-4,6,9,12,14-15,18,21,24,26,28-30,32,34-39H2,1-2H3,(H,43,45)(H,47,48)/b7-5-,10-8-,13-11-,17-16-,20-19-,23-22-,27-25-,33-31-. The van der Waals surface area contributed by atoms with Crippen LogP contribution in [0.5, 0.6) is 0 Å². The van der Waals surface area contributed by atoms with Gasteiger partial charge in [-0.3, -0.25) is 18.6 Å². The number of rotatable bonds is 34. The molecule has 52 heavy (non-hydrogen) atoms. The normalized spacial score (nSPS) is 14.5. The SMILES string of the molecule is CC/C=C\C/C=C\C/C=C\C/C=C\C/C=C\C/C=C\C/C=C\CC(=O)OCC(O)COP(=O)(O)OCCNC(=O)CCCCCCC/C=C\CCC. The van der Waals surface area contributed by atoms with E-state index < -0.39 is 26.5 Å². The van der Waals surface area contributed by atoms with Crippen LogP contribution in [-0.4, -0.2) is 54.3 Å². The molecule has 0 aromatic heterocycles. The van der Waals surface area contributed by atoms with E-state index in [-0.39, 0.29) is 32.1 Å². The highest BCUT2D eigenvalue weighted by atomic mass is 31.2. The summed E-state index contributed by atoms with van der Waals surface area (Å²) in [5.74, 6) is -0.673. The molecule has 9 nitrogen and oxygen atoms in total. The Balaban J connectivity index is 3.81. The molecule has 0 spiro atoms. The van der Waals surface area contributed by atoms with Gasteiger partial charge in [0, 0.05) is 13.0 Å². The van der Waals surface area contributed by atoms with Crippen LogP contribution < -0.4 is 5.32 Å². The minimum absolute atomic E-state index is 0.0422. The van der Waals surface area contributed by atoms with E-state index in [0.29, 0.717) is 12.8 Å². The minimum Gasteiger partial charge on any atom is -0.463 e. The molecule has 294 valence electrons. The maximum absolute atomic E-state index is 12.0. The van der Waals surface area contributed by atoms with E-state index in [2.05, 4.69) is 98.2 Å². The predicted octanol–water partition coefficient (Wildman–Crippen LogP) is 10.3. The van der Waals surface area contributed by atoms with Crippen molar-refractivity contribution in [3.63, 3.8) is 0 Å².